The number of ether oxygens (including phenoxy) is 2. The summed E-state index contributed by atoms with van der Waals surface area (Å²) >= 11 is 0. The summed E-state index contributed by atoms with van der Waals surface area (Å²) in [6.07, 6.45) is 2.75. The lowest BCUT2D eigenvalue weighted by atomic mass is 9.92. The Labute approximate surface area is 174 Å². The Morgan fingerprint density at radius 2 is 1.83 bits per heavy atom. The predicted molar refractivity (Wildman–Crippen MR) is 112 cm³/mol. The zero-order valence-corrected chi connectivity index (χ0v) is 18.1. The van der Waals surface area contributed by atoms with Crippen molar-refractivity contribution in [3.05, 3.63) is 29.8 Å². The van der Waals surface area contributed by atoms with Gasteiger partial charge in [0, 0.05) is 32.1 Å². The molecule has 2 amide bonds. The van der Waals surface area contributed by atoms with Crippen LogP contribution in [0.1, 0.15) is 52.0 Å². The van der Waals surface area contributed by atoms with Gasteiger partial charge in [-0.25, -0.2) is 4.79 Å². The lowest BCUT2D eigenvalue weighted by Gasteiger charge is -2.38. The number of carbonyl (C=O) groups excluding carboxylic acids is 2. The van der Waals surface area contributed by atoms with Gasteiger partial charge in [0.05, 0.1) is 6.61 Å². The largest absolute Gasteiger partial charge is 0.494 e. The van der Waals surface area contributed by atoms with E-state index in [4.69, 9.17) is 9.47 Å². The number of amides is 2. The molecule has 2 fully saturated rings. The first-order valence-electron chi connectivity index (χ1n) is 10.7. The van der Waals surface area contributed by atoms with Crippen LogP contribution in [-0.2, 0) is 9.53 Å². The van der Waals surface area contributed by atoms with E-state index < -0.39 is 5.60 Å². The van der Waals surface area contributed by atoms with E-state index in [0.29, 0.717) is 31.9 Å². The SMILES string of the molecule is Cc1ccc(OCCCC(=O)N2CC[C@@H]3[C@H](CCN3C(=O)OC(C)(C)C)C2)cc1. The molecule has 0 N–H and O–H groups in total. The Balaban J connectivity index is 1.41. The molecule has 0 spiro atoms. The summed E-state index contributed by atoms with van der Waals surface area (Å²) in [6, 6.07) is 8.15. The molecule has 6 nitrogen and oxygen atoms in total. The summed E-state index contributed by atoms with van der Waals surface area (Å²) in [5.74, 6) is 1.38. The number of piperidine rings is 1. The van der Waals surface area contributed by atoms with Gasteiger partial charge in [-0.2, -0.15) is 0 Å². The van der Waals surface area contributed by atoms with Gasteiger partial charge in [-0.05, 0) is 65.0 Å². The van der Waals surface area contributed by atoms with Gasteiger partial charge in [0.15, 0.2) is 0 Å². The van der Waals surface area contributed by atoms with Gasteiger partial charge in [-0.15, -0.1) is 0 Å². The third kappa shape index (κ3) is 5.87. The molecule has 1 aromatic rings. The van der Waals surface area contributed by atoms with Crippen molar-refractivity contribution in [3.63, 3.8) is 0 Å². The first kappa shape index (κ1) is 21.5. The van der Waals surface area contributed by atoms with Gasteiger partial charge >= 0.3 is 6.09 Å². The summed E-state index contributed by atoms with van der Waals surface area (Å²) in [6.45, 7) is 10.4. The predicted octanol–water partition coefficient (Wildman–Crippen LogP) is 4.01. The number of hydrogen-bond donors (Lipinski definition) is 0. The fourth-order valence-corrected chi connectivity index (χ4v) is 4.16. The highest BCUT2D eigenvalue weighted by atomic mass is 16.6. The average Bonchev–Trinajstić information content (AvgIpc) is 3.08. The maximum Gasteiger partial charge on any atom is 0.410 e. The van der Waals surface area contributed by atoms with Gasteiger partial charge in [0.25, 0.3) is 0 Å². The van der Waals surface area contributed by atoms with Gasteiger partial charge in [-0.1, -0.05) is 17.7 Å². The molecule has 2 aliphatic heterocycles. The van der Waals surface area contributed by atoms with E-state index in [9.17, 15) is 9.59 Å². The summed E-state index contributed by atoms with van der Waals surface area (Å²) in [7, 11) is 0. The van der Waals surface area contributed by atoms with Crippen LogP contribution in [0.3, 0.4) is 0 Å². The van der Waals surface area contributed by atoms with E-state index in [1.807, 2.05) is 61.8 Å². The van der Waals surface area contributed by atoms with Crippen LogP contribution < -0.4 is 4.74 Å². The molecular formula is C23H34N2O4. The van der Waals surface area contributed by atoms with Crippen LogP contribution in [0.2, 0.25) is 0 Å². The molecular weight excluding hydrogens is 368 g/mol. The molecule has 160 valence electrons. The monoisotopic (exact) mass is 402 g/mol. The third-order valence-electron chi connectivity index (χ3n) is 5.64. The summed E-state index contributed by atoms with van der Waals surface area (Å²) in [5, 5.41) is 0. The fraction of sp³-hybridized carbons (Fsp3) is 0.652. The number of rotatable bonds is 5. The molecule has 2 aliphatic rings. The smallest absolute Gasteiger partial charge is 0.410 e. The molecule has 2 saturated heterocycles. The average molecular weight is 403 g/mol. The molecule has 29 heavy (non-hydrogen) atoms. The summed E-state index contributed by atoms with van der Waals surface area (Å²) < 4.78 is 11.3. The highest BCUT2D eigenvalue weighted by Gasteiger charge is 2.42. The van der Waals surface area contributed by atoms with Crippen LogP contribution in [0.4, 0.5) is 4.79 Å². The number of aryl methyl sites for hydroxylation is 1. The van der Waals surface area contributed by atoms with E-state index >= 15 is 0 Å². The standard InChI is InChI=1S/C23H34N2O4/c1-17-7-9-19(10-8-17)28-15-5-6-21(26)24-13-12-20-18(16-24)11-14-25(20)22(27)29-23(2,3)4/h7-10,18,20H,5-6,11-16H2,1-4H3/t18-,20-/m1/s1. The van der Waals surface area contributed by atoms with Crippen LogP contribution >= 0.6 is 0 Å². The van der Waals surface area contributed by atoms with Crippen LogP contribution in [-0.4, -0.2) is 59.7 Å². The van der Waals surface area contributed by atoms with Gasteiger partial charge in [-0.3, -0.25) is 4.79 Å². The van der Waals surface area contributed by atoms with E-state index in [1.54, 1.807) is 0 Å². The number of carbonyl (C=O) groups is 2. The highest BCUT2D eigenvalue weighted by molar-refractivity contribution is 5.76. The van der Waals surface area contributed by atoms with Crippen molar-refractivity contribution in [2.45, 2.75) is 65.0 Å². The first-order valence-corrected chi connectivity index (χ1v) is 10.7. The topological polar surface area (TPSA) is 59.1 Å². The van der Waals surface area contributed by atoms with Crippen molar-refractivity contribution in [1.29, 1.82) is 0 Å². The molecule has 2 atom stereocenters. The van der Waals surface area contributed by atoms with Crippen molar-refractivity contribution < 1.29 is 19.1 Å². The normalized spacial score (nSPS) is 21.7. The Morgan fingerprint density at radius 3 is 2.52 bits per heavy atom. The Kier molecular flexibility index (Phi) is 6.70. The number of hydrogen-bond acceptors (Lipinski definition) is 4. The van der Waals surface area contributed by atoms with E-state index in [-0.39, 0.29) is 18.0 Å². The van der Waals surface area contributed by atoms with Gasteiger partial charge < -0.3 is 19.3 Å². The first-order chi connectivity index (χ1) is 13.7. The summed E-state index contributed by atoms with van der Waals surface area (Å²) in [5.41, 5.74) is 0.722. The second-order valence-corrected chi connectivity index (χ2v) is 9.18. The Bertz CT molecular complexity index is 711. The number of fused-ring (bicyclic) bond motifs is 1. The molecule has 6 heteroatoms. The quantitative estimate of drug-likeness (QED) is 0.698. The maximum atomic E-state index is 12.6. The molecule has 1 aromatic carbocycles. The van der Waals surface area contributed by atoms with E-state index in [0.717, 1.165) is 31.7 Å². The zero-order valence-electron chi connectivity index (χ0n) is 18.1. The second kappa shape index (κ2) is 9.06. The summed E-state index contributed by atoms with van der Waals surface area (Å²) in [4.78, 5) is 28.9. The second-order valence-electron chi connectivity index (χ2n) is 9.18. The number of likely N-dealkylation sites (tertiary alicyclic amines) is 2. The van der Waals surface area contributed by atoms with Crippen LogP contribution in [0.25, 0.3) is 0 Å². The van der Waals surface area contributed by atoms with Crippen LogP contribution in [0, 0.1) is 12.8 Å². The molecule has 0 aliphatic carbocycles. The lowest BCUT2D eigenvalue weighted by Crippen LogP contribution is -2.50. The van der Waals surface area contributed by atoms with Crippen molar-refractivity contribution in [1.82, 2.24) is 9.80 Å². The Hall–Kier alpha value is -2.24. The van der Waals surface area contributed by atoms with Gasteiger partial charge in [0.1, 0.15) is 11.4 Å². The van der Waals surface area contributed by atoms with Crippen molar-refractivity contribution in [3.8, 4) is 5.75 Å². The molecule has 0 unspecified atom stereocenters. The Morgan fingerprint density at radius 1 is 1.10 bits per heavy atom. The fourth-order valence-electron chi connectivity index (χ4n) is 4.16. The number of benzene rings is 1. The highest BCUT2D eigenvalue weighted by Crippen LogP contribution is 2.32. The maximum absolute atomic E-state index is 12.6. The van der Waals surface area contributed by atoms with E-state index in [2.05, 4.69) is 0 Å². The van der Waals surface area contributed by atoms with Crippen molar-refractivity contribution in [2.75, 3.05) is 26.2 Å². The van der Waals surface area contributed by atoms with Crippen molar-refractivity contribution >= 4 is 12.0 Å². The molecule has 0 radical (unpaired) electrons. The van der Waals surface area contributed by atoms with Crippen LogP contribution in [0.15, 0.2) is 24.3 Å². The van der Waals surface area contributed by atoms with Crippen LogP contribution in [0.5, 0.6) is 5.75 Å². The molecule has 0 saturated carbocycles. The van der Waals surface area contributed by atoms with E-state index in [1.165, 1.54) is 5.56 Å². The minimum absolute atomic E-state index is 0.187. The minimum atomic E-state index is -0.480. The zero-order chi connectivity index (χ0) is 21.0. The molecule has 2 heterocycles. The molecule has 0 aromatic heterocycles. The lowest BCUT2D eigenvalue weighted by molar-refractivity contribution is -0.133. The molecule has 0 bridgehead atoms. The minimum Gasteiger partial charge on any atom is -0.494 e. The van der Waals surface area contributed by atoms with Crippen molar-refractivity contribution in [2.24, 2.45) is 5.92 Å². The molecule has 3 rings (SSSR count). The van der Waals surface area contributed by atoms with Gasteiger partial charge in [0.2, 0.25) is 5.91 Å². The third-order valence-corrected chi connectivity index (χ3v) is 5.64. The number of nitrogens with zero attached hydrogens (tertiary/aromatic N) is 2.